The Hall–Kier alpha value is -0.940. The summed E-state index contributed by atoms with van der Waals surface area (Å²) in [6.07, 6.45) is 3.79. The molecule has 1 aliphatic heterocycles. The molecule has 4 nitrogen and oxygen atoms in total. The van der Waals surface area contributed by atoms with Gasteiger partial charge in [0.05, 0.1) is 13.1 Å². The van der Waals surface area contributed by atoms with Gasteiger partial charge in [-0.2, -0.15) is 0 Å². The number of amides is 1. The van der Waals surface area contributed by atoms with Crippen molar-refractivity contribution in [3.8, 4) is 0 Å². The highest BCUT2D eigenvalue weighted by molar-refractivity contribution is 9.10. The van der Waals surface area contributed by atoms with Crippen LogP contribution in [0, 0.1) is 5.92 Å². The average molecular weight is 297 g/mol. The van der Waals surface area contributed by atoms with E-state index in [1.807, 2.05) is 0 Å². The lowest BCUT2D eigenvalue weighted by Crippen LogP contribution is -2.64. The van der Waals surface area contributed by atoms with Crippen LogP contribution in [0.1, 0.15) is 23.2 Å². The molecule has 2 fully saturated rings. The molecular formula is C12H13BrN2O2. The van der Waals surface area contributed by atoms with Crippen LogP contribution < -0.4 is 0 Å². The molecule has 1 saturated heterocycles. The number of rotatable bonds is 2. The Labute approximate surface area is 108 Å². The number of carbonyl (C=O) groups excluding carboxylic acids is 1. The number of likely N-dealkylation sites (tertiary alicyclic amines) is 1. The van der Waals surface area contributed by atoms with Crippen LogP contribution in [0.3, 0.4) is 0 Å². The van der Waals surface area contributed by atoms with E-state index >= 15 is 0 Å². The Morgan fingerprint density at radius 1 is 1.53 bits per heavy atom. The van der Waals surface area contributed by atoms with Gasteiger partial charge in [0.1, 0.15) is 10.2 Å². The van der Waals surface area contributed by atoms with Gasteiger partial charge in [0.15, 0.2) is 0 Å². The predicted octanol–water partition coefficient (Wildman–Crippen LogP) is 1.44. The fraction of sp³-hybridized carbons (Fsp3) is 0.500. The van der Waals surface area contributed by atoms with E-state index in [0.717, 1.165) is 12.8 Å². The molecule has 1 saturated carbocycles. The Bertz CT molecular complexity index is 467. The second-order valence-electron chi connectivity index (χ2n) is 4.91. The van der Waals surface area contributed by atoms with E-state index in [0.29, 0.717) is 29.2 Å². The third-order valence-corrected chi connectivity index (χ3v) is 3.96. The van der Waals surface area contributed by atoms with Crippen LogP contribution in [0.25, 0.3) is 0 Å². The highest BCUT2D eigenvalue weighted by Gasteiger charge is 2.53. The van der Waals surface area contributed by atoms with E-state index < -0.39 is 5.60 Å². The van der Waals surface area contributed by atoms with Crippen LogP contribution in [-0.2, 0) is 0 Å². The van der Waals surface area contributed by atoms with Crippen molar-refractivity contribution < 1.29 is 9.90 Å². The molecule has 0 spiro atoms. The summed E-state index contributed by atoms with van der Waals surface area (Å²) in [5, 5.41) is 10.2. The molecule has 17 heavy (non-hydrogen) atoms. The van der Waals surface area contributed by atoms with Gasteiger partial charge in [-0.1, -0.05) is 0 Å². The number of nitrogens with zero attached hydrogens (tertiary/aromatic N) is 2. The molecular weight excluding hydrogens is 284 g/mol. The Morgan fingerprint density at radius 2 is 2.24 bits per heavy atom. The molecule has 1 aromatic rings. The largest absolute Gasteiger partial charge is 0.386 e. The van der Waals surface area contributed by atoms with Crippen molar-refractivity contribution in [1.82, 2.24) is 9.88 Å². The summed E-state index contributed by atoms with van der Waals surface area (Å²) < 4.78 is 0.654. The SMILES string of the molecule is O=C(c1ccnc(Br)c1)N1CC(O)(C2CC2)C1. The van der Waals surface area contributed by atoms with Gasteiger partial charge in [-0.15, -0.1) is 0 Å². The lowest BCUT2D eigenvalue weighted by Gasteiger charge is -2.47. The Balaban J connectivity index is 1.69. The first kappa shape index (κ1) is 11.2. The highest BCUT2D eigenvalue weighted by Crippen LogP contribution is 2.44. The minimum absolute atomic E-state index is 0.0292. The average Bonchev–Trinajstić information content (AvgIpc) is 3.08. The van der Waals surface area contributed by atoms with Crippen molar-refractivity contribution in [2.24, 2.45) is 5.92 Å². The van der Waals surface area contributed by atoms with Crippen LogP contribution in [0.5, 0.6) is 0 Å². The summed E-state index contributed by atoms with van der Waals surface area (Å²) in [5.74, 6) is 0.383. The van der Waals surface area contributed by atoms with Crippen LogP contribution >= 0.6 is 15.9 Å². The summed E-state index contributed by atoms with van der Waals surface area (Å²) in [5.41, 5.74) is 0.00430. The molecule has 1 N–H and O–H groups in total. The molecule has 0 unspecified atom stereocenters. The number of aromatic nitrogens is 1. The first-order valence-corrected chi connectivity index (χ1v) is 6.51. The van der Waals surface area contributed by atoms with E-state index in [4.69, 9.17) is 0 Å². The standard InChI is InChI=1S/C12H13BrN2O2/c13-10-5-8(3-4-14-10)11(16)15-6-12(17,7-15)9-1-2-9/h3-5,9,17H,1-2,6-7H2. The monoisotopic (exact) mass is 296 g/mol. The zero-order valence-corrected chi connectivity index (χ0v) is 10.9. The molecule has 90 valence electrons. The zero-order chi connectivity index (χ0) is 12.0. The second kappa shape index (κ2) is 3.78. The topological polar surface area (TPSA) is 53.4 Å². The van der Waals surface area contributed by atoms with Gasteiger partial charge < -0.3 is 10.0 Å². The van der Waals surface area contributed by atoms with Crippen molar-refractivity contribution >= 4 is 21.8 Å². The molecule has 1 aliphatic carbocycles. The highest BCUT2D eigenvalue weighted by atomic mass is 79.9. The van der Waals surface area contributed by atoms with Crippen molar-refractivity contribution in [3.05, 3.63) is 28.5 Å². The number of aliphatic hydroxyl groups is 1. The van der Waals surface area contributed by atoms with Gasteiger partial charge in [0.25, 0.3) is 5.91 Å². The van der Waals surface area contributed by atoms with Gasteiger partial charge in [0, 0.05) is 11.8 Å². The smallest absolute Gasteiger partial charge is 0.254 e. The number of hydrogen-bond acceptors (Lipinski definition) is 3. The van der Waals surface area contributed by atoms with E-state index in [2.05, 4.69) is 20.9 Å². The maximum Gasteiger partial charge on any atom is 0.254 e. The molecule has 0 radical (unpaired) electrons. The van der Waals surface area contributed by atoms with E-state index in [1.165, 1.54) is 0 Å². The number of hydrogen-bond donors (Lipinski definition) is 1. The molecule has 0 atom stereocenters. The summed E-state index contributed by atoms with van der Waals surface area (Å²) in [6, 6.07) is 3.40. The van der Waals surface area contributed by atoms with Crippen molar-refractivity contribution in [3.63, 3.8) is 0 Å². The third-order valence-electron chi connectivity index (χ3n) is 3.53. The molecule has 2 heterocycles. The van der Waals surface area contributed by atoms with Gasteiger partial charge in [-0.3, -0.25) is 4.79 Å². The quantitative estimate of drug-likeness (QED) is 0.840. The normalized spacial score (nSPS) is 22.1. The van der Waals surface area contributed by atoms with Gasteiger partial charge in [-0.05, 0) is 46.8 Å². The fourth-order valence-electron chi connectivity index (χ4n) is 2.36. The van der Waals surface area contributed by atoms with E-state index in [1.54, 1.807) is 23.2 Å². The van der Waals surface area contributed by atoms with Crippen LogP contribution in [-0.4, -0.2) is 39.6 Å². The molecule has 3 rings (SSSR count). The second-order valence-corrected chi connectivity index (χ2v) is 5.72. The lowest BCUT2D eigenvalue weighted by atomic mass is 9.88. The number of halogens is 1. The molecule has 5 heteroatoms. The van der Waals surface area contributed by atoms with Crippen molar-refractivity contribution in [2.75, 3.05) is 13.1 Å². The Morgan fingerprint density at radius 3 is 2.82 bits per heavy atom. The van der Waals surface area contributed by atoms with Gasteiger partial charge in [-0.25, -0.2) is 4.98 Å². The van der Waals surface area contributed by atoms with Crippen LogP contribution in [0.15, 0.2) is 22.9 Å². The first-order chi connectivity index (χ1) is 8.08. The minimum Gasteiger partial charge on any atom is -0.386 e. The molecule has 0 bridgehead atoms. The molecule has 0 aromatic carbocycles. The van der Waals surface area contributed by atoms with Crippen LogP contribution in [0.2, 0.25) is 0 Å². The molecule has 1 aromatic heterocycles. The number of carbonyl (C=O) groups is 1. The first-order valence-electron chi connectivity index (χ1n) is 5.72. The molecule has 1 amide bonds. The van der Waals surface area contributed by atoms with Crippen LogP contribution in [0.4, 0.5) is 0 Å². The Kier molecular flexibility index (Phi) is 2.48. The van der Waals surface area contributed by atoms with Gasteiger partial charge >= 0.3 is 0 Å². The predicted molar refractivity (Wildman–Crippen MR) is 65.5 cm³/mol. The van der Waals surface area contributed by atoms with E-state index in [9.17, 15) is 9.90 Å². The number of β-amino-alcohol motifs (C(OH)–C–C–N with tert-alkyl or cyclic N) is 1. The fourth-order valence-corrected chi connectivity index (χ4v) is 2.72. The number of pyridine rings is 1. The third kappa shape index (κ3) is 1.98. The van der Waals surface area contributed by atoms with Crippen molar-refractivity contribution in [2.45, 2.75) is 18.4 Å². The summed E-state index contributed by atoms with van der Waals surface area (Å²) in [6.45, 7) is 0.937. The van der Waals surface area contributed by atoms with Crippen molar-refractivity contribution in [1.29, 1.82) is 0 Å². The zero-order valence-electron chi connectivity index (χ0n) is 9.27. The van der Waals surface area contributed by atoms with E-state index in [-0.39, 0.29) is 5.91 Å². The summed E-state index contributed by atoms with van der Waals surface area (Å²) >= 11 is 3.24. The molecule has 2 aliphatic rings. The van der Waals surface area contributed by atoms with Gasteiger partial charge in [0.2, 0.25) is 0 Å². The summed E-state index contributed by atoms with van der Waals surface area (Å²) in [4.78, 5) is 17.8. The minimum atomic E-state index is -0.611. The maximum atomic E-state index is 12.1. The summed E-state index contributed by atoms with van der Waals surface area (Å²) in [7, 11) is 0. The lowest BCUT2D eigenvalue weighted by molar-refractivity contribution is -0.0958. The maximum absolute atomic E-state index is 12.1.